The van der Waals surface area contributed by atoms with Gasteiger partial charge >= 0.3 is 87.5 Å². The van der Waals surface area contributed by atoms with Crippen LogP contribution in [0.1, 0.15) is 11.1 Å². The van der Waals surface area contributed by atoms with Gasteiger partial charge in [-0.15, -0.1) is 0 Å². The summed E-state index contributed by atoms with van der Waals surface area (Å²) in [6.45, 7) is 0.0155. The maximum atomic E-state index is 8.86. The van der Waals surface area contributed by atoms with Crippen LogP contribution in [0.3, 0.4) is 0 Å². The zero-order valence-corrected chi connectivity index (χ0v) is 9.47. The molecular weight excluding hydrogens is 285 g/mol. The molecule has 1 radical (unpaired) electrons. The van der Waals surface area contributed by atoms with Crippen LogP contribution in [0.4, 0.5) is 0 Å². The van der Waals surface area contributed by atoms with E-state index in [0.29, 0.717) is 4.61 Å². The van der Waals surface area contributed by atoms with Gasteiger partial charge in [0, 0.05) is 0 Å². The van der Waals surface area contributed by atoms with Crippen LogP contribution in [-0.4, -0.2) is 25.7 Å². The summed E-state index contributed by atoms with van der Waals surface area (Å²) >= 11 is 5.93. The van der Waals surface area contributed by atoms with Crippen molar-refractivity contribution in [2.24, 2.45) is 0 Å². The zero-order chi connectivity index (χ0) is 9.14. The monoisotopic (exact) mass is 292 g/mol. The molecule has 0 aromatic heterocycles. The van der Waals surface area contributed by atoms with Gasteiger partial charge in [0.1, 0.15) is 0 Å². The molecule has 0 fully saturated rings. The summed E-state index contributed by atoms with van der Waals surface area (Å²) in [5.41, 5.74) is 1.65. The number of hydrogen-bond donors (Lipinski definition) is 2. The van der Waals surface area contributed by atoms with Gasteiger partial charge in [-0.25, -0.2) is 0 Å². The molecule has 63 valence electrons. The third-order valence-corrected chi connectivity index (χ3v) is 2.72. The molecule has 2 N–H and O–H groups in total. The Morgan fingerprint density at radius 1 is 1.58 bits per heavy atom. The summed E-state index contributed by atoms with van der Waals surface area (Å²) in [5, 5.41) is 16.2. The molecule has 2 nitrogen and oxygen atoms in total. The Labute approximate surface area is 87.4 Å². The Hall–Kier alpha value is -0.151. The molecule has 1 aromatic rings. The van der Waals surface area contributed by atoms with Crippen LogP contribution in [0, 0.1) is 5.41 Å². The van der Waals surface area contributed by atoms with Crippen molar-refractivity contribution < 1.29 is 5.11 Å². The van der Waals surface area contributed by atoms with Gasteiger partial charge in [0.25, 0.3) is 0 Å². The number of benzene rings is 1. The van der Waals surface area contributed by atoms with E-state index in [9.17, 15) is 0 Å². The first-order valence-electron chi connectivity index (χ1n) is 3.30. The van der Waals surface area contributed by atoms with Crippen LogP contribution in [0.2, 0.25) is 0 Å². The molecule has 4 heteroatoms. The van der Waals surface area contributed by atoms with Crippen LogP contribution < -0.4 is 0 Å². The first kappa shape index (κ1) is 9.93. The van der Waals surface area contributed by atoms with Crippen molar-refractivity contribution >= 4 is 36.6 Å². The Kier molecular flexibility index (Phi) is 3.47. The van der Waals surface area contributed by atoms with E-state index in [2.05, 4.69) is 31.9 Å². The Morgan fingerprint density at radius 2 is 2.25 bits per heavy atom. The first-order valence-corrected chi connectivity index (χ1v) is 4.95. The summed E-state index contributed by atoms with van der Waals surface area (Å²) in [7, 11) is 0. The van der Waals surface area contributed by atoms with E-state index in [1.54, 1.807) is 12.1 Å². The second kappa shape index (κ2) is 4.19. The van der Waals surface area contributed by atoms with E-state index in [0.717, 1.165) is 15.6 Å². The Morgan fingerprint density at radius 3 is 2.67 bits per heavy atom. The fourth-order valence-corrected chi connectivity index (χ4v) is 1.59. The van der Waals surface area contributed by atoms with Crippen LogP contribution in [0.15, 0.2) is 22.7 Å². The first-order chi connectivity index (χ1) is 5.65. The number of aliphatic hydroxyl groups is 1. The van der Waals surface area contributed by atoms with Crippen LogP contribution >= 0.6 is 15.9 Å². The van der Waals surface area contributed by atoms with E-state index in [1.807, 2.05) is 6.07 Å². The van der Waals surface area contributed by atoms with Crippen molar-refractivity contribution in [3.63, 3.8) is 0 Å². The molecule has 0 aliphatic carbocycles. The molecule has 0 spiro atoms. The van der Waals surface area contributed by atoms with Gasteiger partial charge in [0.2, 0.25) is 0 Å². The molecule has 1 aromatic carbocycles. The fourth-order valence-electron chi connectivity index (χ4n) is 0.817. The van der Waals surface area contributed by atoms with Crippen LogP contribution in [-0.2, 0) is 6.61 Å². The molecule has 0 amide bonds. The molecule has 0 aliphatic rings. The standard InChI is InChI=1S/C8H7BrNOSe/c9-7-3-5(8(10)12)1-2-6(7)4-11/h1-3,10-11H,4H2. The van der Waals surface area contributed by atoms with Gasteiger partial charge in [-0.1, -0.05) is 0 Å². The quantitative estimate of drug-likeness (QED) is 0.628. The van der Waals surface area contributed by atoms with Crippen molar-refractivity contribution in [2.75, 3.05) is 0 Å². The predicted molar refractivity (Wildman–Crippen MR) is 52.6 cm³/mol. The second-order valence-corrected chi connectivity index (χ2v) is 4.00. The van der Waals surface area contributed by atoms with Crippen LogP contribution in [0.5, 0.6) is 0 Å². The number of aliphatic hydroxyl groups excluding tert-OH is 1. The summed E-state index contributed by atoms with van der Waals surface area (Å²) in [5.74, 6) is 0. The molecule has 0 aliphatic heterocycles. The number of rotatable bonds is 2. The van der Waals surface area contributed by atoms with Crippen molar-refractivity contribution in [1.82, 2.24) is 0 Å². The number of hydrogen-bond acceptors (Lipinski definition) is 2. The Bertz CT molecular complexity index is 314. The topological polar surface area (TPSA) is 44.1 Å². The summed E-state index contributed by atoms with van der Waals surface area (Å²) in [6, 6.07) is 5.41. The molecule has 1 rings (SSSR count). The molecule has 0 saturated heterocycles. The molecule has 0 heterocycles. The van der Waals surface area contributed by atoms with Gasteiger partial charge in [-0.3, -0.25) is 0 Å². The molecular formula is C8H7BrNOSe. The van der Waals surface area contributed by atoms with E-state index >= 15 is 0 Å². The molecule has 0 bridgehead atoms. The SMILES string of the molecule is N=C([Se])c1ccc(CO)c(Br)c1. The summed E-state index contributed by atoms with van der Waals surface area (Å²) < 4.78 is 1.24. The number of halogens is 1. The van der Waals surface area contributed by atoms with Crippen molar-refractivity contribution in [3.8, 4) is 0 Å². The molecule has 12 heavy (non-hydrogen) atoms. The molecule has 0 unspecified atom stereocenters. The third kappa shape index (κ3) is 2.17. The predicted octanol–water partition coefficient (Wildman–Crippen LogP) is 1.44. The molecule has 0 atom stereocenters. The van der Waals surface area contributed by atoms with Gasteiger partial charge in [-0.05, 0) is 0 Å². The van der Waals surface area contributed by atoms with Gasteiger partial charge in [0.05, 0.1) is 0 Å². The average Bonchev–Trinajstić information content (AvgIpc) is 2.04. The maximum absolute atomic E-state index is 8.86. The van der Waals surface area contributed by atoms with Gasteiger partial charge < -0.3 is 0 Å². The molecule has 0 saturated carbocycles. The van der Waals surface area contributed by atoms with Crippen molar-refractivity contribution in [1.29, 1.82) is 5.41 Å². The second-order valence-electron chi connectivity index (χ2n) is 2.29. The van der Waals surface area contributed by atoms with Crippen molar-refractivity contribution in [2.45, 2.75) is 6.61 Å². The minimum atomic E-state index is 0.0155. The van der Waals surface area contributed by atoms with E-state index in [1.165, 1.54) is 0 Å². The van der Waals surface area contributed by atoms with Crippen LogP contribution in [0.25, 0.3) is 0 Å². The van der Waals surface area contributed by atoms with E-state index in [-0.39, 0.29) is 6.61 Å². The fraction of sp³-hybridized carbons (Fsp3) is 0.125. The number of nitrogens with one attached hydrogen (secondary N) is 1. The summed E-state index contributed by atoms with van der Waals surface area (Å²) in [4.78, 5) is 0. The third-order valence-electron chi connectivity index (χ3n) is 1.49. The van der Waals surface area contributed by atoms with E-state index in [4.69, 9.17) is 10.5 Å². The normalized spacial score (nSPS) is 9.83. The van der Waals surface area contributed by atoms with Gasteiger partial charge in [0.15, 0.2) is 0 Å². The minimum absolute atomic E-state index is 0.0155. The zero-order valence-electron chi connectivity index (χ0n) is 6.17. The summed E-state index contributed by atoms with van der Waals surface area (Å²) in [6.07, 6.45) is 0. The van der Waals surface area contributed by atoms with Crippen molar-refractivity contribution in [3.05, 3.63) is 33.8 Å². The van der Waals surface area contributed by atoms with E-state index < -0.39 is 0 Å². The Balaban J connectivity index is 3.10. The average molecular weight is 292 g/mol. The van der Waals surface area contributed by atoms with Gasteiger partial charge in [-0.2, -0.15) is 0 Å².